The van der Waals surface area contributed by atoms with Crippen molar-refractivity contribution in [2.24, 2.45) is 23.3 Å². The molecule has 0 spiro atoms. The number of thioether (sulfide) groups is 1. The van der Waals surface area contributed by atoms with Crippen molar-refractivity contribution in [1.29, 1.82) is 0 Å². The van der Waals surface area contributed by atoms with Crippen molar-refractivity contribution in [2.75, 3.05) is 52.4 Å². The first kappa shape index (κ1) is 67.5. The average Bonchev–Trinajstić information content (AvgIpc) is 3.99. The number of imide groups is 1. The maximum Gasteiger partial charge on any atom is 0.312 e. The normalized spacial score (nSPS) is 15.0. The Hall–Kier alpha value is -6.53. The summed E-state index contributed by atoms with van der Waals surface area (Å²) in [6.07, 6.45) is 9.16. The first-order chi connectivity index (χ1) is 36.1. The largest absolute Gasteiger partial charge is 0.481 e. The van der Waals surface area contributed by atoms with Crippen LogP contribution < -0.4 is 43.4 Å². The topological polar surface area (TPSA) is 340 Å². The Labute approximate surface area is 451 Å². The molecule has 5 atom stereocenters. The lowest BCUT2D eigenvalue weighted by atomic mass is 9.95. The lowest BCUT2D eigenvalue weighted by Gasteiger charge is -2.37. The number of carboxylic acid groups (broad SMARTS) is 1. The number of primary amides is 2. The Balaban J connectivity index is 0.00000145. The number of unbranched alkanes of at least 4 members (excludes halogenated alkanes) is 3. The third-order valence-electron chi connectivity index (χ3n) is 11.7. The van der Waals surface area contributed by atoms with Crippen LogP contribution in [0.3, 0.4) is 0 Å². The third-order valence-corrected chi connectivity index (χ3v) is 12.7. The zero-order valence-electron chi connectivity index (χ0n) is 45.5. The minimum atomic E-state index is -1.02. The minimum Gasteiger partial charge on any atom is -0.481 e. The molecule has 5 unspecified atom stereocenters. The number of amides is 9. The van der Waals surface area contributed by atoms with Gasteiger partial charge in [0.15, 0.2) is 0 Å². The number of rotatable bonds is 33. The maximum atomic E-state index is 13.6. The number of hydrogen-bond donors (Lipinski definition) is 9. The van der Waals surface area contributed by atoms with Gasteiger partial charge in [-0.1, -0.05) is 59.6 Å². The van der Waals surface area contributed by atoms with Gasteiger partial charge in [-0.25, -0.2) is 4.79 Å². The van der Waals surface area contributed by atoms with E-state index in [0.29, 0.717) is 31.5 Å². The Morgan fingerprint density at radius 2 is 1.51 bits per heavy atom. The summed E-state index contributed by atoms with van der Waals surface area (Å²) in [7, 11) is 3.45. The van der Waals surface area contributed by atoms with Gasteiger partial charge in [-0.05, 0) is 82.2 Å². The molecule has 0 aliphatic carbocycles. The minimum absolute atomic E-state index is 0.00477. The van der Waals surface area contributed by atoms with Crippen molar-refractivity contribution in [3.63, 3.8) is 0 Å². The van der Waals surface area contributed by atoms with Gasteiger partial charge in [0.05, 0.1) is 12.5 Å². The molecule has 0 radical (unpaired) electrons. The molecule has 0 saturated carbocycles. The molecule has 0 aromatic heterocycles. The molecule has 1 aromatic rings. The number of carbonyl (C=O) groups excluding carboxylic acids is 9. The number of ether oxygens (including phenoxy) is 2. The summed E-state index contributed by atoms with van der Waals surface area (Å²) >= 11 is 1.28. The van der Waals surface area contributed by atoms with Gasteiger partial charge in [0.2, 0.25) is 23.6 Å². The second-order valence-electron chi connectivity index (χ2n) is 18.6. The summed E-state index contributed by atoms with van der Waals surface area (Å²) in [5.74, 6) is -4.76. The first-order valence-corrected chi connectivity index (χ1v) is 26.8. The molecule has 0 saturated heterocycles. The molecule has 2 aliphatic heterocycles. The zero-order chi connectivity index (χ0) is 57.2. The summed E-state index contributed by atoms with van der Waals surface area (Å²) < 4.78 is 11.2. The Morgan fingerprint density at radius 1 is 0.842 bits per heavy atom. The molecule has 3 rings (SSSR count). The Bertz CT molecular complexity index is 2090. The molecule has 2 aliphatic rings. The van der Waals surface area contributed by atoms with Crippen molar-refractivity contribution in [1.82, 2.24) is 36.4 Å². The molecule has 24 heteroatoms. The van der Waals surface area contributed by atoms with Gasteiger partial charge in [0.1, 0.15) is 23.9 Å². The monoisotopic (exact) mass is 1090 g/mol. The quantitative estimate of drug-likeness (QED) is 0.0211. The third kappa shape index (κ3) is 28.4. The predicted octanol–water partition coefficient (Wildman–Crippen LogP) is 3.37. The zero-order valence-corrected chi connectivity index (χ0v) is 46.4. The van der Waals surface area contributed by atoms with E-state index in [0.717, 1.165) is 55.5 Å². The van der Waals surface area contributed by atoms with Gasteiger partial charge in [-0.3, -0.25) is 48.1 Å². The van der Waals surface area contributed by atoms with Crippen molar-refractivity contribution in [3.8, 4) is 0 Å². The summed E-state index contributed by atoms with van der Waals surface area (Å²) in [6, 6.07) is 5.42. The van der Waals surface area contributed by atoms with Crippen molar-refractivity contribution < 1.29 is 62.5 Å². The van der Waals surface area contributed by atoms with Gasteiger partial charge in [-0.15, -0.1) is 11.8 Å². The van der Waals surface area contributed by atoms with E-state index in [1.165, 1.54) is 37.9 Å². The van der Waals surface area contributed by atoms with Crippen molar-refractivity contribution in [3.05, 3.63) is 53.1 Å². The standard InChI is InChI=1S/C41H58N6O11S.C7H16N2O.C4H10N2O/c1-7-8-11-36(51)47(24-57-6)32(25(2)3)21-33(58-27(5)48)40-45-31(23-59-40)39(54)44-30(19-26(4)41(55)56)20-28-12-14-29(15-13-28)43-35(50)22-42-34(49)10-9-18-46-37(52)16-17-38(46)53;1-9-6-4-2-3-5-7(8)10;1-2-3-6-4(5)7/h12-17,23,25-26,30,32-33,40,45H,7-11,18-22,24H2,1-6H3,(H,42,49)(H,43,50)(H,44,54)(H,55,56);9H,2-6H2,1H3,(H2,8,10);2-3H2,1H3,(H3,5,6,7). The number of hydrogen-bond acceptors (Lipinski definition) is 15. The summed E-state index contributed by atoms with van der Waals surface area (Å²) in [5, 5.41) is 27.6. The van der Waals surface area contributed by atoms with E-state index in [9.17, 15) is 53.1 Å². The highest BCUT2D eigenvalue weighted by Gasteiger charge is 2.37. The summed E-state index contributed by atoms with van der Waals surface area (Å²) in [6.45, 7) is 12.4. The number of nitrogens with zero attached hydrogens (tertiary/aromatic N) is 2. The highest BCUT2D eigenvalue weighted by Crippen LogP contribution is 2.31. The van der Waals surface area contributed by atoms with Crippen LogP contribution in [0.1, 0.15) is 124 Å². The van der Waals surface area contributed by atoms with Crippen LogP contribution in [0.4, 0.5) is 10.5 Å². The van der Waals surface area contributed by atoms with Gasteiger partial charge < -0.3 is 62.8 Å². The number of benzene rings is 1. The molecule has 23 nitrogen and oxygen atoms in total. The molecule has 0 fully saturated rings. The Kier molecular flexibility index (Phi) is 33.8. The number of methoxy groups -OCH3 is 1. The number of esters is 1. The van der Waals surface area contributed by atoms with Crippen molar-refractivity contribution in [2.45, 2.75) is 149 Å². The Morgan fingerprint density at radius 3 is 2.05 bits per heavy atom. The number of anilines is 1. The van der Waals surface area contributed by atoms with Crippen LogP contribution in [-0.4, -0.2) is 145 Å². The molecule has 9 amide bonds. The van der Waals surface area contributed by atoms with E-state index >= 15 is 0 Å². The number of urea groups is 1. The lowest BCUT2D eigenvalue weighted by molar-refractivity contribution is -0.150. The van der Waals surface area contributed by atoms with E-state index in [2.05, 4.69) is 31.9 Å². The van der Waals surface area contributed by atoms with Crippen LogP contribution in [0, 0.1) is 11.8 Å². The van der Waals surface area contributed by atoms with Crippen LogP contribution in [0.5, 0.6) is 0 Å². The molecule has 76 heavy (non-hydrogen) atoms. The highest BCUT2D eigenvalue weighted by atomic mass is 32.2. The fourth-order valence-corrected chi connectivity index (χ4v) is 8.60. The second-order valence-corrected chi connectivity index (χ2v) is 19.6. The smallest absolute Gasteiger partial charge is 0.312 e. The van der Waals surface area contributed by atoms with Crippen LogP contribution in [0.2, 0.25) is 0 Å². The van der Waals surface area contributed by atoms with Crippen molar-refractivity contribution >= 4 is 76.8 Å². The summed E-state index contributed by atoms with van der Waals surface area (Å²) in [4.78, 5) is 122. The number of aliphatic carboxylic acids is 1. The van der Waals surface area contributed by atoms with E-state index in [4.69, 9.17) is 20.9 Å². The first-order valence-electron chi connectivity index (χ1n) is 25.8. The van der Waals surface area contributed by atoms with E-state index in [1.807, 2.05) is 34.7 Å². The molecule has 2 heterocycles. The van der Waals surface area contributed by atoms with Crippen LogP contribution in [0.15, 0.2) is 47.5 Å². The second kappa shape index (κ2) is 38.1. The molecule has 1 aromatic carbocycles. The molecular weight excluding hydrogens is 1000 g/mol. The van der Waals surface area contributed by atoms with E-state index in [-0.39, 0.29) is 75.0 Å². The highest BCUT2D eigenvalue weighted by molar-refractivity contribution is 8.03. The van der Waals surface area contributed by atoms with Crippen LogP contribution in [-0.2, 0) is 59.0 Å². The van der Waals surface area contributed by atoms with Gasteiger partial charge in [0, 0.05) is 88.1 Å². The number of carboxylic acids is 1. The number of carbonyl (C=O) groups is 10. The fraction of sp³-hybridized carbons (Fsp3) is 0.615. The van der Waals surface area contributed by atoms with Crippen LogP contribution in [0.25, 0.3) is 0 Å². The van der Waals surface area contributed by atoms with Gasteiger partial charge in [-0.2, -0.15) is 0 Å². The molecule has 0 bridgehead atoms. The molecule has 426 valence electrons. The lowest BCUT2D eigenvalue weighted by Crippen LogP contribution is -2.49. The van der Waals surface area contributed by atoms with E-state index < -0.39 is 70.9 Å². The average molecular weight is 1090 g/mol. The summed E-state index contributed by atoms with van der Waals surface area (Å²) in [5.41, 5.74) is 11.1. The molecule has 11 N–H and O–H groups in total. The SMILES string of the molecule is CCCCC(=O)N(COC)C(CC(OC(C)=O)C1NC(C(=O)NC(Cc2ccc(NC(=O)CNC(=O)CCCN3C(=O)C=CC3=O)cc2)CC(C)C(=O)O)=CS1)C(C)C.CCCNC(N)=O.CNCCCCCC(N)=O. The molecular formula is C52H84N10O13S. The number of nitrogens with one attached hydrogen (secondary N) is 6. The number of nitrogens with two attached hydrogens (primary N) is 2. The van der Waals surface area contributed by atoms with E-state index in [1.54, 1.807) is 41.5 Å². The fourth-order valence-electron chi connectivity index (χ4n) is 7.61. The predicted molar refractivity (Wildman–Crippen MR) is 289 cm³/mol. The van der Waals surface area contributed by atoms with Gasteiger partial charge in [0.25, 0.3) is 17.7 Å². The maximum absolute atomic E-state index is 13.6. The van der Waals surface area contributed by atoms with Gasteiger partial charge >= 0.3 is 18.0 Å². The van der Waals surface area contributed by atoms with Crippen LogP contribution >= 0.6 is 11.8 Å².